The van der Waals surface area contributed by atoms with Gasteiger partial charge in [-0.2, -0.15) is 0 Å². The van der Waals surface area contributed by atoms with Gasteiger partial charge >= 0.3 is 0 Å². The molecule has 73 heavy (non-hydrogen) atoms. The molecule has 3 N–H and O–H groups in total. The Kier molecular flexibility index (Phi) is 64.6. The number of allylic oxidation sites excluding steroid dienone is 2. The van der Waals surface area contributed by atoms with Crippen molar-refractivity contribution in [2.24, 2.45) is 0 Å². The van der Waals surface area contributed by atoms with E-state index in [0.717, 1.165) is 25.7 Å². The number of hydrogen-bond donors (Lipinski definition) is 3. The average molecular weight is 1030 g/mol. The summed E-state index contributed by atoms with van der Waals surface area (Å²) < 4.78 is 0. The Morgan fingerprint density at radius 3 is 0.753 bits per heavy atom. The van der Waals surface area contributed by atoms with Gasteiger partial charge in [0.05, 0.1) is 18.8 Å². The van der Waals surface area contributed by atoms with Gasteiger partial charge in [-0.25, -0.2) is 0 Å². The van der Waals surface area contributed by atoms with Crippen LogP contribution in [0.5, 0.6) is 0 Å². The fourth-order valence-electron chi connectivity index (χ4n) is 11.3. The molecule has 0 radical (unpaired) electrons. The summed E-state index contributed by atoms with van der Waals surface area (Å²) in [6.07, 6.45) is 87.0. The zero-order valence-electron chi connectivity index (χ0n) is 50.5. The van der Waals surface area contributed by atoms with Gasteiger partial charge in [0.15, 0.2) is 0 Å². The molecule has 0 heterocycles. The van der Waals surface area contributed by atoms with E-state index in [0.29, 0.717) is 12.8 Å². The molecule has 0 saturated carbocycles. The molecule has 0 aromatic carbocycles. The van der Waals surface area contributed by atoms with Crippen molar-refractivity contribution in [1.82, 2.24) is 5.32 Å². The van der Waals surface area contributed by atoms with Gasteiger partial charge in [0.25, 0.3) is 0 Å². The summed E-state index contributed by atoms with van der Waals surface area (Å²) in [6.45, 7) is 4.41. The maximum atomic E-state index is 12.5. The number of carbonyl (C=O) groups excluding carboxylic acids is 1. The molecule has 0 aliphatic rings. The Balaban J connectivity index is 3.36. The average Bonchev–Trinajstić information content (AvgIpc) is 3.40. The lowest BCUT2D eigenvalue weighted by Crippen LogP contribution is -2.45. The minimum atomic E-state index is -0.658. The van der Waals surface area contributed by atoms with E-state index >= 15 is 0 Å². The first-order chi connectivity index (χ1) is 36.2. The third-order valence-electron chi connectivity index (χ3n) is 16.5. The molecule has 0 aromatic heterocycles. The van der Waals surface area contributed by atoms with E-state index in [1.54, 1.807) is 0 Å². The fraction of sp³-hybridized carbons (Fsp3) is 0.957. The van der Waals surface area contributed by atoms with Gasteiger partial charge in [0.1, 0.15) is 0 Å². The zero-order valence-corrected chi connectivity index (χ0v) is 50.5. The van der Waals surface area contributed by atoms with Crippen LogP contribution in [-0.2, 0) is 4.79 Å². The highest BCUT2D eigenvalue weighted by molar-refractivity contribution is 5.76. The Hall–Kier alpha value is -0.870. The number of unbranched alkanes of at least 4 members (excludes halogenated alkanes) is 56. The van der Waals surface area contributed by atoms with E-state index in [-0.39, 0.29) is 12.5 Å². The molecule has 0 spiro atoms. The summed E-state index contributed by atoms with van der Waals surface area (Å²) in [5.74, 6) is -0.0219. The highest BCUT2D eigenvalue weighted by Crippen LogP contribution is 2.19. The van der Waals surface area contributed by atoms with Gasteiger partial charge in [-0.05, 0) is 38.5 Å². The van der Waals surface area contributed by atoms with Crippen LogP contribution in [0.25, 0.3) is 0 Å². The van der Waals surface area contributed by atoms with E-state index in [9.17, 15) is 15.0 Å². The molecule has 0 saturated heterocycles. The molecule has 436 valence electrons. The number of rotatable bonds is 65. The normalized spacial score (nSPS) is 12.7. The number of carbonyl (C=O) groups is 1. The standard InChI is InChI=1S/C69H137NO3/c1-3-5-7-9-11-13-15-17-19-21-23-25-27-28-29-30-31-32-33-34-35-36-37-38-39-40-41-42-43-45-47-49-51-53-55-57-59-61-63-65-69(73)70-67(66-71)68(72)64-62-60-58-56-54-52-50-48-46-44-26-24-22-20-18-16-14-12-10-8-6-4-2/h34-35,67-68,71-72H,3-33,36-66H2,1-2H3,(H,70,73)/b35-34-. The van der Waals surface area contributed by atoms with Crippen molar-refractivity contribution < 1.29 is 15.0 Å². The second-order valence-electron chi connectivity index (χ2n) is 24.0. The molecular weight excluding hydrogens is 891 g/mol. The van der Waals surface area contributed by atoms with Gasteiger partial charge < -0.3 is 15.5 Å². The molecule has 1 amide bonds. The summed E-state index contributed by atoms with van der Waals surface area (Å²) >= 11 is 0. The van der Waals surface area contributed by atoms with Crippen molar-refractivity contribution in [2.45, 2.75) is 418 Å². The topological polar surface area (TPSA) is 69.6 Å². The highest BCUT2D eigenvalue weighted by Gasteiger charge is 2.20. The summed E-state index contributed by atoms with van der Waals surface area (Å²) in [7, 11) is 0. The molecule has 0 bridgehead atoms. The van der Waals surface area contributed by atoms with Crippen molar-refractivity contribution in [1.29, 1.82) is 0 Å². The number of aliphatic hydroxyl groups excluding tert-OH is 2. The monoisotopic (exact) mass is 1030 g/mol. The second-order valence-corrected chi connectivity index (χ2v) is 24.0. The predicted octanol–water partition coefficient (Wildman–Crippen LogP) is 23.2. The lowest BCUT2D eigenvalue weighted by molar-refractivity contribution is -0.123. The maximum Gasteiger partial charge on any atom is 0.220 e. The minimum absolute atomic E-state index is 0.0219. The second kappa shape index (κ2) is 65.4. The van der Waals surface area contributed by atoms with Crippen molar-refractivity contribution >= 4 is 5.91 Å². The summed E-state index contributed by atoms with van der Waals surface area (Å²) in [4.78, 5) is 12.5. The number of nitrogens with one attached hydrogen (secondary N) is 1. The fourth-order valence-corrected chi connectivity index (χ4v) is 11.3. The predicted molar refractivity (Wildman–Crippen MR) is 327 cm³/mol. The van der Waals surface area contributed by atoms with Gasteiger partial charge in [-0.1, -0.05) is 373 Å². The van der Waals surface area contributed by atoms with Crippen LogP contribution in [0.1, 0.15) is 406 Å². The maximum absolute atomic E-state index is 12.5. The smallest absolute Gasteiger partial charge is 0.220 e. The molecule has 2 atom stereocenters. The van der Waals surface area contributed by atoms with E-state index in [2.05, 4.69) is 31.3 Å². The summed E-state index contributed by atoms with van der Waals surface area (Å²) in [6, 6.07) is -0.534. The SMILES string of the molecule is CCCCCCCCCCCCCCCCCCCC/C=C\CCCCCCCCCCCCCCCCCCCC(=O)NC(CO)C(O)CCCCCCCCCCCCCCCCCCCCCCCC. The van der Waals surface area contributed by atoms with Crippen molar-refractivity contribution in [2.75, 3.05) is 6.61 Å². The molecule has 0 aliphatic carbocycles. The summed E-state index contributed by atoms with van der Waals surface area (Å²) in [5, 5.41) is 23.4. The van der Waals surface area contributed by atoms with Crippen LogP contribution in [0.3, 0.4) is 0 Å². The highest BCUT2D eigenvalue weighted by atomic mass is 16.3. The molecule has 0 aliphatic heterocycles. The Morgan fingerprint density at radius 1 is 0.315 bits per heavy atom. The van der Waals surface area contributed by atoms with Crippen LogP contribution in [0.15, 0.2) is 12.2 Å². The largest absolute Gasteiger partial charge is 0.394 e. The van der Waals surface area contributed by atoms with Crippen molar-refractivity contribution in [3.63, 3.8) is 0 Å². The van der Waals surface area contributed by atoms with Crippen LogP contribution < -0.4 is 5.32 Å². The molecule has 0 fully saturated rings. The Morgan fingerprint density at radius 2 is 0.521 bits per heavy atom. The van der Waals surface area contributed by atoms with Crippen LogP contribution in [0, 0.1) is 0 Å². The van der Waals surface area contributed by atoms with Crippen LogP contribution in [0.4, 0.5) is 0 Å². The molecular formula is C69H137NO3. The molecule has 0 aromatic rings. The van der Waals surface area contributed by atoms with Crippen molar-refractivity contribution in [3.8, 4) is 0 Å². The summed E-state index contributed by atoms with van der Waals surface area (Å²) in [5.41, 5.74) is 0. The quantitative estimate of drug-likeness (QED) is 0.0420. The molecule has 4 heteroatoms. The van der Waals surface area contributed by atoms with Crippen molar-refractivity contribution in [3.05, 3.63) is 12.2 Å². The number of aliphatic hydroxyl groups is 2. The number of hydrogen-bond acceptors (Lipinski definition) is 3. The van der Waals surface area contributed by atoms with Gasteiger partial charge in [0, 0.05) is 6.42 Å². The number of amides is 1. The van der Waals surface area contributed by atoms with Crippen LogP contribution in [-0.4, -0.2) is 34.9 Å². The molecule has 2 unspecified atom stereocenters. The van der Waals surface area contributed by atoms with E-state index in [1.165, 1.54) is 353 Å². The van der Waals surface area contributed by atoms with Crippen LogP contribution >= 0.6 is 0 Å². The lowest BCUT2D eigenvalue weighted by atomic mass is 10.0. The van der Waals surface area contributed by atoms with E-state index in [4.69, 9.17) is 0 Å². The van der Waals surface area contributed by atoms with E-state index in [1.807, 2.05) is 0 Å². The first-order valence-electron chi connectivity index (χ1n) is 34.4. The first-order valence-corrected chi connectivity index (χ1v) is 34.4. The minimum Gasteiger partial charge on any atom is -0.394 e. The lowest BCUT2D eigenvalue weighted by Gasteiger charge is -2.22. The van der Waals surface area contributed by atoms with Crippen LogP contribution in [0.2, 0.25) is 0 Å². The molecule has 4 nitrogen and oxygen atoms in total. The van der Waals surface area contributed by atoms with Gasteiger partial charge in [-0.3, -0.25) is 4.79 Å². The van der Waals surface area contributed by atoms with Gasteiger partial charge in [0.2, 0.25) is 5.91 Å². The Bertz CT molecular complexity index is 1030. The third-order valence-corrected chi connectivity index (χ3v) is 16.5. The van der Waals surface area contributed by atoms with Gasteiger partial charge in [-0.15, -0.1) is 0 Å². The first kappa shape index (κ1) is 72.1. The Labute approximate surface area is 460 Å². The van der Waals surface area contributed by atoms with E-state index < -0.39 is 12.1 Å². The third kappa shape index (κ3) is 61.9. The molecule has 0 rings (SSSR count). The zero-order chi connectivity index (χ0) is 52.7.